The van der Waals surface area contributed by atoms with E-state index in [0.717, 1.165) is 53.7 Å². The molecule has 3 heterocycles. The van der Waals surface area contributed by atoms with Crippen LogP contribution in [0.1, 0.15) is 33.9 Å². The predicted molar refractivity (Wildman–Crippen MR) is 125 cm³/mol. The van der Waals surface area contributed by atoms with Crippen LogP contribution in [-0.4, -0.2) is 60.7 Å². The maximum Gasteiger partial charge on any atom is 0.356 e. The molecule has 1 N–H and O–H groups in total. The Kier molecular flexibility index (Phi) is 6.69. The molecule has 0 radical (unpaired) electrons. The molecule has 2 atom stereocenters. The fraction of sp³-hybridized carbons (Fsp3) is 0.609. The maximum absolute atomic E-state index is 11.5. The van der Waals surface area contributed by atoms with E-state index < -0.39 is 14.0 Å². The first-order valence-corrected chi connectivity index (χ1v) is 15.0. The van der Waals surface area contributed by atoms with Crippen LogP contribution in [0.15, 0.2) is 18.2 Å². The van der Waals surface area contributed by atoms with Gasteiger partial charge in [-0.2, -0.15) is 5.10 Å². The summed E-state index contributed by atoms with van der Waals surface area (Å²) in [5.41, 5.74) is 2.72. The lowest BCUT2D eigenvalue weighted by atomic mass is 10.1. The summed E-state index contributed by atoms with van der Waals surface area (Å²) >= 11 is 0. The molecule has 0 aromatic carbocycles. The van der Waals surface area contributed by atoms with Gasteiger partial charge in [-0.3, -0.25) is 0 Å². The van der Waals surface area contributed by atoms with Crippen LogP contribution in [-0.2, 0) is 29.2 Å². The average Bonchev–Trinajstić information content (AvgIpc) is 3.14. The number of pyridine rings is 1. The van der Waals surface area contributed by atoms with Crippen LogP contribution in [0.25, 0.3) is 0 Å². The lowest BCUT2D eigenvalue weighted by Crippen LogP contribution is -2.23. The Labute approximate surface area is 190 Å². The van der Waals surface area contributed by atoms with Gasteiger partial charge in [0.15, 0.2) is 5.69 Å². The van der Waals surface area contributed by atoms with E-state index in [0.29, 0.717) is 19.6 Å². The second-order valence-corrected chi connectivity index (χ2v) is 15.8. The minimum absolute atomic E-state index is 0.0305. The Bertz CT molecular complexity index is 961. The predicted octanol–water partition coefficient (Wildman–Crippen LogP) is 3.48. The number of fused-ring (bicyclic) bond motifs is 1. The summed E-state index contributed by atoms with van der Waals surface area (Å²) < 4.78 is 12.9. The van der Waals surface area contributed by atoms with E-state index in [1.165, 1.54) is 6.42 Å². The van der Waals surface area contributed by atoms with Gasteiger partial charge in [-0.1, -0.05) is 25.7 Å². The fourth-order valence-corrected chi connectivity index (χ4v) is 5.00. The standard InChI is InChI=1S/C23H34N4O4Si/c1-30-14-21-16(5-6-22(24-21)26-12-17-9-18(17)13-26)10-19-11-20(23(28)29)25-27(19)15-31-7-8-32(2,3)4/h5-6,11,17-18H,7-10,12-15H2,1-4H3,(H,28,29). The minimum atomic E-state index is -1.19. The van der Waals surface area contributed by atoms with E-state index in [9.17, 15) is 9.90 Å². The number of carbonyl (C=O) groups is 1. The number of aromatic carboxylic acids is 1. The van der Waals surface area contributed by atoms with Crippen LogP contribution < -0.4 is 4.90 Å². The van der Waals surface area contributed by atoms with Crippen molar-refractivity contribution in [2.24, 2.45) is 11.8 Å². The van der Waals surface area contributed by atoms with Gasteiger partial charge in [0.05, 0.1) is 12.3 Å². The number of aromatic nitrogens is 3. The van der Waals surface area contributed by atoms with E-state index in [-0.39, 0.29) is 12.4 Å². The lowest BCUT2D eigenvalue weighted by molar-refractivity contribution is 0.0669. The first kappa shape index (κ1) is 22.9. The third-order valence-corrected chi connectivity index (χ3v) is 8.01. The van der Waals surface area contributed by atoms with Crippen molar-refractivity contribution in [3.05, 3.63) is 40.8 Å². The molecule has 9 heteroatoms. The van der Waals surface area contributed by atoms with Gasteiger partial charge in [-0.15, -0.1) is 0 Å². The van der Waals surface area contributed by atoms with Gasteiger partial charge >= 0.3 is 5.97 Å². The summed E-state index contributed by atoms with van der Waals surface area (Å²) in [6.45, 7) is 10.4. The van der Waals surface area contributed by atoms with Gasteiger partial charge in [0.25, 0.3) is 0 Å². The molecule has 32 heavy (non-hydrogen) atoms. The first-order chi connectivity index (χ1) is 15.2. The van der Waals surface area contributed by atoms with Crippen LogP contribution in [0, 0.1) is 11.8 Å². The topological polar surface area (TPSA) is 89.7 Å². The number of carboxylic acids is 1. The average molecular weight is 459 g/mol. The Morgan fingerprint density at radius 2 is 2.00 bits per heavy atom. The van der Waals surface area contributed by atoms with Crippen molar-refractivity contribution < 1.29 is 19.4 Å². The van der Waals surface area contributed by atoms with Crippen LogP contribution in [0.2, 0.25) is 25.7 Å². The molecule has 1 saturated carbocycles. The number of ether oxygens (including phenoxy) is 2. The molecule has 1 saturated heterocycles. The van der Waals surface area contributed by atoms with Crippen LogP contribution >= 0.6 is 0 Å². The fourth-order valence-electron chi connectivity index (χ4n) is 4.24. The number of carboxylic acid groups (broad SMARTS) is 1. The van der Waals surface area contributed by atoms with Gasteiger partial charge in [0.1, 0.15) is 12.5 Å². The maximum atomic E-state index is 11.5. The van der Waals surface area contributed by atoms with Crippen molar-refractivity contribution in [1.29, 1.82) is 0 Å². The third kappa shape index (κ3) is 5.57. The number of hydrogen-bond acceptors (Lipinski definition) is 6. The highest BCUT2D eigenvalue weighted by molar-refractivity contribution is 6.76. The highest BCUT2D eigenvalue weighted by atomic mass is 28.3. The molecule has 174 valence electrons. The van der Waals surface area contributed by atoms with Gasteiger partial charge < -0.3 is 19.5 Å². The molecule has 2 aromatic heterocycles. The largest absolute Gasteiger partial charge is 0.476 e. The third-order valence-electron chi connectivity index (χ3n) is 6.30. The Morgan fingerprint density at radius 3 is 2.66 bits per heavy atom. The summed E-state index contributed by atoms with van der Waals surface area (Å²) in [6, 6.07) is 6.84. The lowest BCUT2D eigenvalue weighted by Gasteiger charge is -2.21. The van der Waals surface area contributed by atoms with Gasteiger partial charge in [0.2, 0.25) is 0 Å². The first-order valence-electron chi connectivity index (χ1n) is 11.3. The van der Waals surface area contributed by atoms with Crippen molar-refractivity contribution in [3.63, 3.8) is 0 Å². The van der Waals surface area contributed by atoms with E-state index in [2.05, 4.69) is 41.8 Å². The number of anilines is 1. The van der Waals surface area contributed by atoms with Crippen molar-refractivity contribution in [1.82, 2.24) is 14.8 Å². The van der Waals surface area contributed by atoms with Crippen LogP contribution in [0.4, 0.5) is 5.82 Å². The smallest absolute Gasteiger partial charge is 0.356 e. The number of piperidine rings is 1. The molecule has 2 fully saturated rings. The van der Waals surface area contributed by atoms with Crippen molar-refractivity contribution in [2.45, 2.75) is 51.9 Å². The molecule has 1 aliphatic heterocycles. The summed E-state index contributed by atoms with van der Waals surface area (Å²) in [4.78, 5) is 18.8. The van der Waals surface area contributed by atoms with Gasteiger partial charge in [-0.25, -0.2) is 14.5 Å². The molecule has 2 unspecified atom stereocenters. The van der Waals surface area contributed by atoms with E-state index in [1.54, 1.807) is 17.9 Å². The molecule has 0 amide bonds. The normalized spacial score (nSPS) is 19.9. The SMILES string of the molecule is COCc1nc(N2CC3CC3C2)ccc1Cc1cc(C(=O)O)nn1COCC[Si](C)(C)C. The molecule has 0 spiro atoms. The summed E-state index contributed by atoms with van der Waals surface area (Å²) in [5, 5.41) is 13.7. The van der Waals surface area contributed by atoms with Crippen LogP contribution in [0.5, 0.6) is 0 Å². The highest BCUT2D eigenvalue weighted by Crippen LogP contribution is 2.46. The molecule has 0 bridgehead atoms. The van der Waals surface area contributed by atoms with Gasteiger partial charge in [-0.05, 0) is 42.0 Å². The van der Waals surface area contributed by atoms with Crippen molar-refractivity contribution >= 4 is 19.9 Å². The van der Waals surface area contributed by atoms with E-state index in [1.807, 2.05) is 0 Å². The van der Waals surface area contributed by atoms with E-state index >= 15 is 0 Å². The molecular weight excluding hydrogens is 424 g/mol. The molecule has 4 rings (SSSR count). The van der Waals surface area contributed by atoms with Gasteiger partial charge in [0, 0.05) is 47.0 Å². The zero-order valence-corrected chi connectivity index (χ0v) is 20.5. The van der Waals surface area contributed by atoms with Crippen LogP contribution in [0.3, 0.4) is 0 Å². The molecule has 8 nitrogen and oxygen atoms in total. The molecule has 1 aliphatic carbocycles. The minimum Gasteiger partial charge on any atom is -0.476 e. The Balaban J connectivity index is 1.50. The Hall–Kier alpha value is -2.23. The van der Waals surface area contributed by atoms with Crippen molar-refractivity contribution in [2.75, 3.05) is 31.7 Å². The van der Waals surface area contributed by atoms with E-state index in [4.69, 9.17) is 14.5 Å². The highest BCUT2D eigenvalue weighted by Gasteiger charge is 2.45. The second-order valence-electron chi connectivity index (χ2n) is 10.2. The second kappa shape index (κ2) is 9.33. The number of nitrogens with zero attached hydrogens (tertiary/aromatic N) is 4. The summed E-state index contributed by atoms with van der Waals surface area (Å²) in [5.74, 6) is 1.65. The molecule has 2 aromatic rings. The Morgan fingerprint density at radius 1 is 1.25 bits per heavy atom. The summed E-state index contributed by atoms with van der Waals surface area (Å²) in [7, 11) is 0.476. The monoisotopic (exact) mass is 458 g/mol. The number of hydrogen-bond donors (Lipinski definition) is 1. The zero-order valence-electron chi connectivity index (χ0n) is 19.5. The molecule has 2 aliphatic rings. The van der Waals surface area contributed by atoms with Crippen molar-refractivity contribution in [3.8, 4) is 0 Å². The summed E-state index contributed by atoms with van der Waals surface area (Å²) in [6.07, 6.45) is 1.88. The number of rotatable bonds is 11. The quantitative estimate of drug-likeness (QED) is 0.407. The zero-order chi connectivity index (χ0) is 22.9. The molecular formula is C23H34N4O4Si. The number of methoxy groups -OCH3 is 1.